The molecule has 1 atom stereocenters. The third-order valence-corrected chi connectivity index (χ3v) is 4.55. The molecule has 0 aliphatic heterocycles. The summed E-state index contributed by atoms with van der Waals surface area (Å²) in [4.78, 5) is 11.5. The fraction of sp³-hybridized carbons (Fsp3) is 0.333. The summed E-state index contributed by atoms with van der Waals surface area (Å²) >= 11 is 7.69. The Bertz CT molecular complexity index is 670. The van der Waals surface area contributed by atoms with E-state index in [2.05, 4.69) is 12.0 Å². The van der Waals surface area contributed by atoms with Gasteiger partial charge in [-0.1, -0.05) is 24.6 Å². The number of nitrogens with zero attached hydrogens (tertiary/aromatic N) is 2. The number of hydrogen-bond donors (Lipinski definition) is 1. The number of thioether (sulfide) groups is 1. The highest BCUT2D eigenvalue weighted by Crippen LogP contribution is 2.23. The summed E-state index contributed by atoms with van der Waals surface area (Å²) in [6.07, 6.45) is 2.63. The van der Waals surface area contributed by atoms with Crippen molar-refractivity contribution in [3.8, 4) is 5.69 Å². The van der Waals surface area contributed by atoms with E-state index in [-0.39, 0.29) is 5.56 Å². The van der Waals surface area contributed by atoms with Crippen molar-refractivity contribution < 1.29 is 9.90 Å². The van der Waals surface area contributed by atoms with E-state index in [0.29, 0.717) is 28.1 Å². The molecule has 0 saturated heterocycles. The minimum atomic E-state index is -0.941. The number of aromatic carboxylic acids is 1. The summed E-state index contributed by atoms with van der Waals surface area (Å²) < 4.78 is 1.65. The standard InChI is InChI=1S/C15H17ClN2O2S/c1-9(21-3)7-13-14(15(19)20)10(2)18(17-13)12-6-4-5-11(16)8-12/h4-6,8-9H,7H2,1-3H3,(H,19,20). The number of rotatable bonds is 5. The Morgan fingerprint density at radius 3 is 2.81 bits per heavy atom. The number of carboxylic acids is 1. The number of halogens is 1. The molecule has 0 saturated carbocycles. The number of hydrogen-bond acceptors (Lipinski definition) is 3. The lowest BCUT2D eigenvalue weighted by molar-refractivity contribution is 0.0695. The lowest BCUT2D eigenvalue weighted by Crippen LogP contribution is -2.07. The molecule has 1 heterocycles. The predicted octanol–water partition coefficient (Wildman–Crippen LogP) is 3.83. The summed E-state index contributed by atoms with van der Waals surface area (Å²) in [6.45, 7) is 3.83. The molecule has 21 heavy (non-hydrogen) atoms. The zero-order chi connectivity index (χ0) is 15.6. The van der Waals surface area contributed by atoms with Gasteiger partial charge in [0.1, 0.15) is 5.56 Å². The predicted molar refractivity (Wildman–Crippen MR) is 87.0 cm³/mol. The van der Waals surface area contributed by atoms with Gasteiger partial charge in [-0.2, -0.15) is 16.9 Å². The van der Waals surface area contributed by atoms with Gasteiger partial charge in [0.05, 0.1) is 17.1 Å². The van der Waals surface area contributed by atoms with Gasteiger partial charge < -0.3 is 5.11 Å². The molecule has 0 radical (unpaired) electrons. The molecule has 1 aromatic carbocycles. The van der Waals surface area contributed by atoms with Crippen LogP contribution in [-0.2, 0) is 6.42 Å². The second-order valence-corrected chi connectivity index (χ2v) is 6.57. The quantitative estimate of drug-likeness (QED) is 0.908. The van der Waals surface area contributed by atoms with E-state index in [1.54, 1.807) is 35.5 Å². The summed E-state index contributed by atoms with van der Waals surface area (Å²) in [6, 6.07) is 7.23. The second-order valence-electron chi connectivity index (χ2n) is 4.85. The Morgan fingerprint density at radius 1 is 1.52 bits per heavy atom. The smallest absolute Gasteiger partial charge is 0.339 e. The highest BCUT2D eigenvalue weighted by atomic mass is 35.5. The van der Waals surface area contributed by atoms with E-state index in [1.807, 2.05) is 18.4 Å². The van der Waals surface area contributed by atoms with Crippen LogP contribution in [0, 0.1) is 6.92 Å². The lowest BCUT2D eigenvalue weighted by atomic mass is 10.1. The molecular formula is C15H17ClN2O2S. The van der Waals surface area contributed by atoms with Crippen LogP contribution in [-0.4, -0.2) is 32.4 Å². The molecule has 0 spiro atoms. The Balaban J connectivity index is 2.53. The van der Waals surface area contributed by atoms with Gasteiger partial charge in [0, 0.05) is 16.7 Å². The normalized spacial score (nSPS) is 12.4. The third kappa shape index (κ3) is 3.41. The highest BCUT2D eigenvalue weighted by molar-refractivity contribution is 7.99. The molecule has 2 aromatic rings. The maximum atomic E-state index is 11.5. The lowest BCUT2D eigenvalue weighted by Gasteiger charge is -2.05. The summed E-state index contributed by atoms with van der Waals surface area (Å²) in [5.74, 6) is -0.941. The SMILES string of the molecule is CSC(C)Cc1nn(-c2cccc(Cl)c2)c(C)c1C(=O)O. The van der Waals surface area contributed by atoms with Gasteiger partial charge in [0.2, 0.25) is 0 Å². The van der Waals surface area contributed by atoms with Crippen LogP contribution in [0.3, 0.4) is 0 Å². The molecule has 1 N–H and O–H groups in total. The molecule has 0 bridgehead atoms. The van der Waals surface area contributed by atoms with Crippen molar-refractivity contribution in [2.45, 2.75) is 25.5 Å². The van der Waals surface area contributed by atoms with Gasteiger partial charge in [-0.15, -0.1) is 0 Å². The van der Waals surface area contributed by atoms with Gasteiger partial charge in [-0.25, -0.2) is 9.48 Å². The van der Waals surface area contributed by atoms with Crippen LogP contribution in [0.2, 0.25) is 5.02 Å². The molecule has 2 rings (SSSR count). The zero-order valence-electron chi connectivity index (χ0n) is 12.1. The Hall–Kier alpha value is -1.46. The number of aromatic nitrogens is 2. The number of carbonyl (C=O) groups is 1. The van der Waals surface area contributed by atoms with Gasteiger partial charge >= 0.3 is 5.97 Å². The van der Waals surface area contributed by atoms with Gasteiger partial charge in [0.25, 0.3) is 0 Å². The van der Waals surface area contributed by atoms with Gasteiger partial charge in [-0.3, -0.25) is 0 Å². The minimum absolute atomic E-state index is 0.288. The molecule has 0 aliphatic rings. The number of benzene rings is 1. The van der Waals surface area contributed by atoms with E-state index in [9.17, 15) is 9.90 Å². The van der Waals surface area contributed by atoms with E-state index in [0.717, 1.165) is 5.69 Å². The summed E-state index contributed by atoms with van der Waals surface area (Å²) in [5, 5.41) is 14.9. The monoisotopic (exact) mass is 324 g/mol. The average Bonchev–Trinajstić information content (AvgIpc) is 2.75. The largest absolute Gasteiger partial charge is 0.478 e. The minimum Gasteiger partial charge on any atom is -0.478 e. The first-order valence-corrected chi connectivity index (χ1v) is 8.21. The van der Waals surface area contributed by atoms with Crippen molar-refractivity contribution in [1.82, 2.24) is 9.78 Å². The fourth-order valence-electron chi connectivity index (χ4n) is 2.20. The van der Waals surface area contributed by atoms with Crippen molar-refractivity contribution in [1.29, 1.82) is 0 Å². The second kappa shape index (κ2) is 6.54. The van der Waals surface area contributed by atoms with Gasteiger partial charge in [-0.05, 0) is 31.4 Å². The van der Waals surface area contributed by atoms with Crippen LogP contribution in [0.25, 0.3) is 5.69 Å². The Kier molecular flexibility index (Phi) is 4.96. The molecule has 6 heteroatoms. The van der Waals surface area contributed by atoms with E-state index < -0.39 is 5.97 Å². The van der Waals surface area contributed by atoms with E-state index in [1.165, 1.54) is 0 Å². The number of carboxylic acid groups (broad SMARTS) is 1. The van der Waals surface area contributed by atoms with Crippen LogP contribution in [0.1, 0.15) is 28.7 Å². The Morgan fingerprint density at radius 2 is 2.24 bits per heavy atom. The molecule has 1 unspecified atom stereocenters. The topological polar surface area (TPSA) is 55.1 Å². The maximum absolute atomic E-state index is 11.5. The van der Waals surface area contributed by atoms with Crippen LogP contribution in [0.5, 0.6) is 0 Å². The first-order valence-electron chi connectivity index (χ1n) is 6.54. The van der Waals surface area contributed by atoms with Crippen molar-refractivity contribution in [3.05, 3.63) is 46.2 Å². The molecule has 1 aromatic heterocycles. The molecule has 112 valence electrons. The maximum Gasteiger partial charge on any atom is 0.339 e. The van der Waals surface area contributed by atoms with Crippen molar-refractivity contribution in [2.24, 2.45) is 0 Å². The van der Waals surface area contributed by atoms with Crippen molar-refractivity contribution in [3.63, 3.8) is 0 Å². The van der Waals surface area contributed by atoms with Crippen molar-refractivity contribution >= 4 is 29.3 Å². The van der Waals surface area contributed by atoms with Crippen molar-refractivity contribution in [2.75, 3.05) is 6.26 Å². The summed E-state index contributed by atoms with van der Waals surface area (Å²) in [5.41, 5.74) is 2.29. The molecular weight excluding hydrogens is 308 g/mol. The molecule has 0 amide bonds. The fourth-order valence-corrected chi connectivity index (χ4v) is 2.71. The third-order valence-electron chi connectivity index (χ3n) is 3.34. The first kappa shape index (κ1) is 15.9. The van der Waals surface area contributed by atoms with Crippen LogP contribution >= 0.6 is 23.4 Å². The molecule has 0 aliphatic carbocycles. The van der Waals surface area contributed by atoms with Gasteiger partial charge in [0.15, 0.2) is 0 Å². The van der Waals surface area contributed by atoms with Crippen LogP contribution in [0.15, 0.2) is 24.3 Å². The highest BCUT2D eigenvalue weighted by Gasteiger charge is 2.22. The first-order chi connectivity index (χ1) is 9.93. The van der Waals surface area contributed by atoms with E-state index in [4.69, 9.17) is 11.6 Å². The van der Waals surface area contributed by atoms with E-state index >= 15 is 0 Å². The zero-order valence-corrected chi connectivity index (χ0v) is 13.7. The van der Waals surface area contributed by atoms with Crippen LogP contribution < -0.4 is 0 Å². The average molecular weight is 325 g/mol. The summed E-state index contributed by atoms with van der Waals surface area (Å²) in [7, 11) is 0. The Labute approximate surface area is 133 Å². The molecule has 0 fully saturated rings. The molecule has 4 nitrogen and oxygen atoms in total. The van der Waals surface area contributed by atoms with Crippen LogP contribution in [0.4, 0.5) is 0 Å².